The average Bonchev–Trinajstić information content (AvgIpc) is 2.48. The van der Waals surface area contributed by atoms with Crippen molar-refractivity contribution in [1.29, 1.82) is 0 Å². The highest BCUT2D eigenvalue weighted by Crippen LogP contribution is 2.16. The van der Waals surface area contributed by atoms with Gasteiger partial charge in [-0.25, -0.2) is 0 Å². The Morgan fingerprint density at radius 1 is 1.05 bits per heavy atom. The third kappa shape index (κ3) is 3.98. The molecule has 1 unspecified atom stereocenters. The number of methoxy groups -OCH3 is 1. The molecule has 0 amide bonds. The molecule has 0 fully saturated rings. The largest absolute Gasteiger partial charge is 0.497 e. The quantitative estimate of drug-likeness (QED) is 0.794. The lowest BCUT2D eigenvalue weighted by Crippen LogP contribution is -2.07. The predicted octanol–water partition coefficient (Wildman–Crippen LogP) is 2.53. The van der Waals surface area contributed by atoms with Gasteiger partial charge in [-0.2, -0.15) is 0 Å². The van der Waals surface area contributed by atoms with E-state index in [1.165, 1.54) is 0 Å². The van der Waals surface area contributed by atoms with Gasteiger partial charge in [0.1, 0.15) is 11.9 Å². The third-order valence-corrected chi connectivity index (χ3v) is 3.02. The highest BCUT2D eigenvalue weighted by atomic mass is 16.5. The van der Waals surface area contributed by atoms with Gasteiger partial charge in [0, 0.05) is 5.69 Å². The van der Waals surface area contributed by atoms with Crippen LogP contribution in [0.15, 0.2) is 48.5 Å². The van der Waals surface area contributed by atoms with Crippen molar-refractivity contribution in [2.45, 2.75) is 12.7 Å². The van der Waals surface area contributed by atoms with Crippen molar-refractivity contribution in [3.63, 3.8) is 0 Å². The van der Waals surface area contributed by atoms with Crippen molar-refractivity contribution in [2.24, 2.45) is 0 Å². The summed E-state index contributed by atoms with van der Waals surface area (Å²) in [4.78, 5) is 0. The number of rotatable bonds is 6. The number of aliphatic hydroxyl groups is 1. The van der Waals surface area contributed by atoms with Crippen LogP contribution in [-0.2, 0) is 11.3 Å². The maximum absolute atomic E-state index is 9.99. The van der Waals surface area contributed by atoms with Gasteiger partial charge in [0.2, 0.25) is 0 Å². The van der Waals surface area contributed by atoms with Crippen molar-refractivity contribution in [3.05, 3.63) is 59.7 Å². The van der Waals surface area contributed by atoms with Crippen molar-refractivity contribution < 1.29 is 14.6 Å². The smallest absolute Gasteiger partial charge is 0.118 e. The number of hydrogen-bond donors (Lipinski definition) is 2. The summed E-state index contributed by atoms with van der Waals surface area (Å²) in [6.45, 7) is 0.700. The molecule has 3 N–H and O–H groups in total. The van der Waals surface area contributed by atoms with Crippen molar-refractivity contribution >= 4 is 5.69 Å². The summed E-state index contributed by atoms with van der Waals surface area (Å²) < 4.78 is 10.6. The minimum absolute atomic E-state index is 0.246. The molecule has 4 heteroatoms. The molecular formula is C16H19NO3. The molecule has 20 heavy (non-hydrogen) atoms. The van der Waals surface area contributed by atoms with Crippen LogP contribution >= 0.6 is 0 Å². The molecule has 0 saturated heterocycles. The van der Waals surface area contributed by atoms with Crippen molar-refractivity contribution in [2.75, 3.05) is 19.5 Å². The Bertz CT molecular complexity index is 522. The predicted molar refractivity (Wildman–Crippen MR) is 78.5 cm³/mol. The van der Waals surface area contributed by atoms with E-state index in [9.17, 15) is 5.11 Å². The van der Waals surface area contributed by atoms with Gasteiger partial charge in [0.05, 0.1) is 20.3 Å². The third-order valence-electron chi connectivity index (χ3n) is 3.02. The molecule has 0 spiro atoms. The fourth-order valence-electron chi connectivity index (χ4n) is 1.82. The first-order valence-electron chi connectivity index (χ1n) is 6.43. The van der Waals surface area contributed by atoms with Crippen LogP contribution in [0.25, 0.3) is 0 Å². The summed E-state index contributed by atoms with van der Waals surface area (Å²) in [5.41, 5.74) is 8.12. The first-order chi connectivity index (χ1) is 9.69. The second kappa shape index (κ2) is 6.93. The molecule has 1 atom stereocenters. The molecule has 106 valence electrons. The minimum Gasteiger partial charge on any atom is -0.497 e. The standard InChI is InChI=1S/C16H19NO3/c1-19-15-8-2-12(3-9-15)10-20-11-16(18)13-4-6-14(17)7-5-13/h2-9,16,18H,10-11,17H2,1H3. The molecule has 2 aromatic rings. The minimum atomic E-state index is -0.645. The van der Waals surface area contributed by atoms with Crippen LogP contribution in [0.2, 0.25) is 0 Å². The van der Waals surface area contributed by atoms with Gasteiger partial charge in [-0.3, -0.25) is 0 Å². The summed E-state index contributed by atoms with van der Waals surface area (Å²) in [5.74, 6) is 0.815. The first-order valence-corrected chi connectivity index (χ1v) is 6.43. The lowest BCUT2D eigenvalue weighted by atomic mass is 10.1. The zero-order chi connectivity index (χ0) is 14.4. The summed E-state index contributed by atoms with van der Waals surface area (Å²) >= 11 is 0. The SMILES string of the molecule is COc1ccc(COCC(O)c2ccc(N)cc2)cc1. The van der Waals surface area contributed by atoms with E-state index >= 15 is 0 Å². The molecule has 0 aliphatic rings. The second-order valence-corrected chi connectivity index (χ2v) is 4.55. The zero-order valence-corrected chi connectivity index (χ0v) is 11.5. The lowest BCUT2D eigenvalue weighted by Gasteiger charge is -2.12. The fraction of sp³-hybridized carbons (Fsp3) is 0.250. The van der Waals surface area contributed by atoms with Gasteiger partial charge in [0.15, 0.2) is 0 Å². The zero-order valence-electron chi connectivity index (χ0n) is 11.5. The molecule has 2 rings (SSSR count). The second-order valence-electron chi connectivity index (χ2n) is 4.55. The van der Waals surface area contributed by atoms with E-state index in [2.05, 4.69) is 0 Å². The monoisotopic (exact) mass is 273 g/mol. The highest BCUT2D eigenvalue weighted by molar-refractivity contribution is 5.39. The molecule has 0 radical (unpaired) electrons. The summed E-state index contributed by atoms with van der Waals surface area (Å²) in [5, 5.41) is 9.99. The first kappa shape index (κ1) is 14.4. The molecule has 0 aliphatic carbocycles. The normalized spacial score (nSPS) is 12.1. The molecule has 0 saturated carbocycles. The number of nitrogen functional groups attached to an aromatic ring is 1. The summed E-state index contributed by atoms with van der Waals surface area (Å²) in [7, 11) is 1.63. The Morgan fingerprint density at radius 3 is 2.30 bits per heavy atom. The van der Waals surface area contributed by atoms with Crippen LogP contribution < -0.4 is 10.5 Å². The number of aliphatic hydroxyl groups excluding tert-OH is 1. The van der Waals surface area contributed by atoms with Crippen LogP contribution in [0.4, 0.5) is 5.69 Å². The maximum atomic E-state index is 9.99. The van der Waals surface area contributed by atoms with Crippen LogP contribution in [0.3, 0.4) is 0 Å². The van der Waals surface area contributed by atoms with Gasteiger partial charge in [0.25, 0.3) is 0 Å². The molecule has 4 nitrogen and oxygen atoms in total. The van der Waals surface area contributed by atoms with Gasteiger partial charge in [-0.15, -0.1) is 0 Å². The van der Waals surface area contributed by atoms with Crippen molar-refractivity contribution in [3.8, 4) is 5.75 Å². The van der Waals surface area contributed by atoms with E-state index in [0.29, 0.717) is 12.3 Å². The fourth-order valence-corrected chi connectivity index (χ4v) is 1.82. The number of benzene rings is 2. The van der Waals surface area contributed by atoms with Crippen LogP contribution in [0.5, 0.6) is 5.75 Å². The summed E-state index contributed by atoms with van der Waals surface area (Å²) in [6.07, 6.45) is -0.645. The molecule has 0 aliphatic heterocycles. The van der Waals surface area contributed by atoms with E-state index in [4.69, 9.17) is 15.2 Å². The van der Waals surface area contributed by atoms with Crippen LogP contribution in [0.1, 0.15) is 17.2 Å². The topological polar surface area (TPSA) is 64.7 Å². The van der Waals surface area contributed by atoms with Crippen molar-refractivity contribution in [1.82, 2.24) is 0 Å². The molecular weight excluding hydrogens is 254 g/mol. The molecule has 0 heterocycles. The van der Waals surface area contributed by atoms with Gasteiger partial charge in [-0.1, -0.05) is 24.3 Å². The van der Waals surface area contributed by atoms with Gasteiger partial charge >= 0.3 is 0 Å². The molecule has 0 bridgehead atoms. The van der Waals surface area contributed by atoms with Crippen LogP contribution in [0, 0.1) is 0 Å². The number of hydrogen-bond acceptors (Lipinski definition) is 4. The summed E-state index contributed by atoms with van der Waals surface area (Å²) in [6, 6.07) is 14.8. The Morgan fingerprint density at radius 2 is 1.70 bits per heavy atom. The Hall–Kier alpha value is -2.04. The van der Waals surface area contributed by atoms with E-state index in [1.807, 2.05) is 24.3 Å². The Labute approximate surface area is 118 Å². The highest BCUT2D eigenvalue weighted by Gasteiger charge is 2.07. The average molecular weight is 273 g/mol. The van der Waals surface area contributed by atoms with E-state index in [-0.39, 0.29) is 6.61 Å². The number of ether oxygens (including phenoxy) is 2. The van der Waals surface area contributed by atoms with Crippen LogP contribution in [-0.4, -0.2) is 18.8 Å². The lowest BCUT2D eigenvalue weighted by molar-refractivity contribution is 0.0277. The van der Waals surface area contributed by atoms with E-state index < -0.39 is 6.10 Å². The van der Waals surface area contributed by atoms with Gasteiger partial charge in [-0.05, 0) is 35.4 Å². The number of anilines is 1. The Kier molecular flexibility index (Phi) is 4.98. The molecule has 2 aromatic carbocycles. The Balaban J connectivity index is 1.81. The number of nitrogens with two attached hydrogens (primary N) is 1. The molecule has 0 aromatic heterocycles. The maximum Gasteiger partial charge on any atom is 0.118 e. The van der Waals surface area contributed by atoms with E-state index in [0.717, 1.165) is 16.9 Å². The van der Waals surface area contributed by atoms with E-state index in [1.54, 1.807) is 31.4 Å². The van der Waals surface area contributed by atoms with Gasteiger partial charge < -0.3 is 20.3 Å².